The first-order valence-corrected chi connectivity index (χ1v) is 9.33. The van der Waals surface area contributed by atoms with Crippen molar-refractivity contribution in [3.8, 4) is 6.07 Å². The number of nitrogens with zero attached hydrogens (tertiary/aromatic N) is 2. The molecule has 0 atom stereocenters. The molecule has 3 rings (SSSR count). The lowest BCUT2D eigenvalue weighted by Crippen LogP contribution is -2.23. The average Bonchev–Trinajstić information content (AvgIpc) is 3.25. The highest BCUT2D eigenvalue weighted by Gasteiger charge is 2.21. The molecule has 9 heteroatoms. The van der Waals surface area contributed by atoms with E-state index < -0.39 is 18.5 Å². The first kappa shape index (κ1) is 21.1. The number of esters is 1. The van der Waals surface area contributed by atoms with Crippen molar-refractivity contribution < 1.29 is 18.7 Å². The summed E-state index contributed by atoms with van der Waals surface area (Å²) in [5, 5.41) is 12.5. The summed E-state index contributed by atoms with van der Waals surface area (Å²) < 4.78 is 19.9. The van der Waals surface area contributed by atoms with Crippen LogP contribution in [0.25, 0.3) is 0 Å². The Labute approximate surface area is 177 Å². The molecule has 154 valence electrons. The van der Waals surface area contributed by atoms with E-state index in [1.54, 1.807) is 23.6 Å². The number of halogens is 2. The van der Waals surface area contributed by atoms with E-state index in [2.05, 4.69) is 16.4 Å². The number of H-pyrrole nitrogens is 1. The van der Waals surface area contributed by atoms with Crippen molar-refractivity contribution in [2.24, 2.45) is 0 Å². The smallest absolute Gasteiger partial charge is 0.355 e. The summed E-state index contributed by atoms with van der Waals surface area (Å²) in [6, 6.07) is 9.43. The van der Waals surface area contributed by atoms with Gasteiger partial charge in [-0.25, -0.2) is 9.18 Å². The van der Waals surface area contributed by atoms with E-state index >= 15 is 0 Å². The molecule has 2 N–H and O–H groups in total. The third kappa shape index (κ3) is 4.53. The second-order valence-electron chi connectivity index (χ2n) is 6.61. The molecule has 30 heavy (non-hydrogen) atoms. The number of amides is 1. The molecule has 0 aliphatic heterocycles. The molecule has 0 spiro atoms. The molecule has 0 unspecified atom stereocenters. The lowest BCUT2D eigenvalue weighted by Gasteiger charge is -2.13. The molecule has 0 bridgehead atoms. The van der Waals surface area contributed by atoms with Crippen molar-refractivity contribution in [2.75, 3.05) is 11.9 Å². The molecule has 0 fully saturated rings. The Kier molecular flexibility index (Phi) is 6.23. The molecule has 7 nitrogen and oxygen atoms in total. The summed E-state index contributed by atoms with van der Waals surface area (Å²) in [4.78, 5) is 27.0. The van der Waals surface area contributed by atoms with Crippen molar-refractivity contribution in [1.29, 1.82) is 5.26 Å². The van der Waals surface area contributed by atoms with Crippen LogP contribution in [0.5, 0.6) is 0 Å². The van der Waals surface area contributed by atoms with Gasteiger partial charge >= 0.3 is 5.97 Å². The molecular formula is C21H18ClFN4O3. The molecular weight excluding hydrogens is 411 g/mol. The highest BCUT2D eigenvalue weighted by molar-refractivity contribution is 6.30. The zero-order chi connectivity index (χ0) is 21.8. The van der Waals surface area contributed by atoms with Gasteiger partial charge in [0.05, 0.1) is 10.6 Å². The molecule has 0 radical (unpaired) electrons. The zero-order valence-corrected chi connectivity index (χ0v) is 17.0. The van der Waals surface area contributed by atoms with Crippen LogP contribution in [-0.4, -0.2) is 28.0 Å². The third-order valence-corrected chi connectivity index (χ3v) is 4.87. The van der Waals surface area contributed by atoms with Gasteiger partial charge in [-0.1, -0.05) is 23.7 Å². The Morgan fingerprint density at radius 1 is 1.30 bits per heavy atom. The largest absolute Gasteiger partial charge is 0.451 e. The van der Waals surface area contributed by atoms with Gasteiger partial charge in [0.1, 0.15) is 23.4 Å². The SMILES string of the molecule is Cc1c(C#N)c(NC(=O)COC(=O)c2cc(Cl)c[nH]2)n(Cc2ccc(F)cc2)c1C. The fraction of sp³-hybridized carbons (Fsp3) is 0.190. The molecule has 3 aromatic rings. The van der Waals surface area contributed by atoms with E-state index in [4.69, 9.17) is 16.3 Å². The Bertz CT molecular complexity index is 1140. The average molecular weight is 429 g/mol. The van der Waals surface area contributed by atoms with Crippen molar-refractivity contribution in [1.82, 2.24) is 9.55 Å². The Morgan fingerprint density at radius 2 is 2.00 bits per heavy atom. The van der Waals surface area contributed by atoms with E-state index in [1.165, 1.54) is 24.4 Å². The van der Waals surface area contributed by atoms with Crippen molar-refractivity contribution >= 4 is 29.3 Å². The number of benzene rings is 1. The van der Waals surface area contributed by atoms with E-state index in [0.29, 0.717) is 28.5 Å². The van der Waals surface area contributed by atoms with Crippen LogP contribution in [0.15, 0.2) is 36.5 Å². The number of hydrogen-bond acceptors (Lipinski definition) is 4. The van der Waals surface area contributed by atoms with Crippen molar-refractivity contribution in [3.63, 3.8) is 0 Å². The lowest BCUT2D eigenvalue weighted by atomic mass is 10.2. The topological polar surface area (TPSA) is 99.9 Å². The fourth-order valence-corrected chi connectivity index (χ4v) is 3.13. The van der Waals surface area contributed by atoms with Gasteiger partial charge < -0.3 is 19.6 Å². The normalized spacial score (nSPS) is 10.5. The maximum absolute atomic E-state index is 13.2. The van der Waals surface area contributed by atoms with E-state index in [9.17, 15) is 19.2 Å². The number of carbonyl (C=O) groups is 2. The second kappa shape index (κ2) is 8.84. The van der Waals surface area contributed by atoms with Crippen LogP contribution in [-0.2, 0) is 16.1 Å². The number of nitrogens with one attached hydrogen (secondary N) is 2. The summed E-state index contributed by atoms with van der Waals surface area (Å²) in [7, 11) is 0. The summed E-state index contributed by atoms with van der Waals surface area (Å²) in [5.41, 5.74) is 2.73. The minimum absolute atomic E-state index is 0.122. The Hall–Kier alpha value is -3.57. The predicted molar refractivity (Wildman–Crippen MR) is 109 cm³/mol. The van der Waals surface area contributed by atoms with Crippen LogP contribution in [0.4, 0.5) is 10.2 Å². The summed E-state index contributed by atoms with van der Waals surface area (Å²) in [5.74, 6) is -1.39. The lowest BCUT2D eigenvalue weighted by molar-refractivity contribution is -0.119. The quantitative estimate of drug-likeness (QED) is 0.581. The number of nitriles is 1. The van der Waals surface area contributed by atoms with Crippen molar-refractivity contribution in [2.45, 2.75) is 20.4 Å². The molecule has 0 saturated carbocycles. The van der Waals surface area contributed by atoms with Crippen LogP contribution < -0.4 is 5.32 Å². The second-order valence-corrected chi connectivity index (χ2v) is 7.05. The summed E-state index contributed by atoms with van der Waals surface area (Å²) >= 11 is 5.75. The summed E-state index contributed by atoms with van der Waals surface area (Å²) in [6.45, 7) is 3.38. The third-order valence-electron chi connectivity index (χ3n) is 4.65. The molecule has 1 aromatic carbocycles. The fourth-order valence-electron chi connectivity index (χ4n) is 2.96. The Balaban J connectivity index is 1.77. The number of aromatic nitrogens is 2. The van der Waals surface area contributed by atoms with Gasteiger partial charge in [0.15, 0.2) is 6.61 Å². The van der Waals surface area contributed by atoms with Crippen LogP contribution in [0.1, 0.15) is 32.9 Å². The van der Waals surface area contributed by atoms with Crippen LogP contribution in [0, 0.1) is 31.0 Å². The highest BCUT2D eigenvalue weighted by Crippen LogP contribution is 2.27. The zero-order valence-electron chi connectivity index (χ0n) is 16.3. The first-order valence-electron chi connectivity index (χ1n) is 8.95. The number of carbonyl (C=O) groups excluding carboxylic acids is 2. The van der Waals surface area contributed by atoms with Crippen LogP contribution in [0.3, 0.4) is 0 Å². The van der Waals surface area contributed by atoms with Gasteiger partial charge in [-0.3, -0.25) is 4.79 Å². The van der Waals surface area contributed by atoms with Gasteiger partial charge in [0.2, 0.25) is 0 Å². The van der Waals surface area contributed by atoms with Gasteiger partial charge in [-0.2, -0.15) is 5.26 Å². The Morgan fingerprint density at radius 3 is 2.60 bits per heavy atom. The molecule has 1 amide bonds. The number of ether oxygens (including phenoxy) is 1. The van der Waals surface area contributed by atoms with Crippen molar-refractivity contribution in [3.05, 3.63) is 75.4 Å². The van der Waals surface area contributed by atoms with E-state index in [-0.39, 0.29) is 11.5 Å². The summed E-state index contributed by atoms with van der Waals surface area (Å²) in [6.07, 6.45) is 1.42. The van der Waals surface area contributed by atoms with Gasteiger partial charge in [-0.15, -0.1) is 0 Å². The number of anilines is 1. The molecule has 0 saturated heterocycles. The van der Waals surface area contributed by atoms with E-state index in [0.717, 1.165) is 11.3 Å². The number of aromatic amines is 1. The molecule has 0 aliphatic rings. The van der Waals surface area contributed by atoms with Gasteiger partial charge in [0, 0.05) is 18.4 Å². The van der Waals surface area contributed by atoms with Gasteiger partial charge in [0.25, 0.3) is 5.91 Å². The molecule has 0 aliphatic carbocycles. The standard InChI is InChI=1S/C21H18ClFN4O3/c1-12-13(2)27(10-14-3-5-16(23)6-4-14)20(17(12)8-24)26-19(28)11-30-21(29)18-7-15(22)9-25-18/h3-7,9,25H,10-11H2,1-2H3,(H,26,28). The van der Waals surface area contributed by atoms with E-state index in [1.807, 2.05) is 6.92 Å². The first-order chi connectivity index (χ1) is 14.3. The maximum atomic E-state index is 13.2. The predicted octanol–water partition coefficient (Wildman–Crippen LogP) is 3.94. The van der Waals surface area contributed by atoms with Crippen LogP contribution >= 0.6 is 11.6 Å². The minimum atomic E-state index is -0.730. The molecule has 2 heterocycles. The van der Waals surface area contributed by atoms with Crippen LogP contribution in [0.2, 0.25) is 5.02 Å². The molecule has 2 aromatic heterocycles. The number of rotatable bonds is 6. The highest BCUT2D eigenvalue weighted by atomic mass is 35.5. The monoisotopic (exact) mass is 428 g/mol. The maximum Gasteiger partial charge on any atom is 0.355 e. The van der Waals surface area contributed by atoms with Gasteiger partial charge in [-0.05, 0) is 43.2 Å². The minimum Gasteiger partial charge on any atom is -0.451 e. The number of hydrogen-bond donors (Lipinski definition) is 2.